The van der Waals surface area contributed by atoms with E-state index in [1.54, 1.807) is 33.9 Å². The molecule has 0 aromatic heterocycles. The molecule has 0 aromatic rings. The number of esters is 1. The quantitative estimate of drug-likeness (QED) is 0.0456. The van der Waals surface area contributed by atoms with E-state index in [4.69, 9.17) is 26.7 Å². The number of carbonyl (C=O) groups is 2. The Morgan fingerprint density at radius 2 is 1.83 bits per heavy atom. The van der Waals surface area contributed by atoms with Crippen LogP contribution in [0.15, 0.2) is 24.7 Å². The molecule has 1 amide bonds. The number of methoxy groups -OCH3 is 1. The predicted molar refractivity (Wildman–Crippen MR) is 121 cm³/mol. The van der Waals surface area contributed by atoms with Gasteiger partial charge in [0.15, 0.2) is 13.0 Å². The molecule has 174 valence electrons. The molecule has 0 radical (unpaired) electrons. The first-order valence-electron chi connectivity index (χ1n) is 9.33. The fourth-order valence-electron chi connectivity index (χ4n) is 1.64. The zero-order valence-corrected chi connectivity index (χ0v) is 18.8. The molecule has 0 aliphatic carbocycles. The predicted octanol–water partition coefficient (Wildman–Crippen LogP) is -0.880. The second-order valence-corrected chi connectivity index (χ2v) is 8.35. The first-order chi connectivity index (χ1) is 14.5. The molecule has 11 nitrogen and oxygen atoms in total. The molecule has 0 saturated heterocycles. The SMILES string of the molecule is COC(=O)CCCOCOC=CNC(N)C(=O)NCCSSCCNC=CC(N)N. The lowest BCUT2D eigenvalue weighted by Crippen LogP contribution is -2.48. The summed E-state index contributed by atoms with van der Waals surface area (Å²) in [5, 5.41) is 8.51. The van der Waals surface area contributed by atoms with Gasteiger partial charge in [0.2, 0.25) is 0 Å². The van der Waals surface area contributed by atoms with E-state index in [1.165, 1.54) is 19.6 Å². The fraction of sp³-hybridized carbons (Fsp3) is 0.647. The molecule has 0 aliphatic heterocycles. The maximum absolute atomic E-state index is 11.8. The minimum atomic E-state index is -0.881. The lowest BCUT2D eigenvalue weighted by molar-refractivity contribution is -0.141. The molecular formula is C17H34N6O5S2. The molecule has 0 rings (SSSR count). The third-order valence-corrected chi connectivity index (χ3v) is 5.51. The standard InChI is InChI=1S/C17H34N6O5S2/c1-26-15(24)3-2-9-27-13-28-10-6-22-16(20)17(25)23-8-12-30-29-11-7-21-5-4-14(18)19/h4-6,10,14,16,21-22H,2-3,7-9,11-13,18-20H2,1H3,(H,23,25). The van der Waals surface area contributed by atoms with Crippen molar-refractivity contribution in [1.29, 1.82) is 0 Å². The number of hydrogen-bond acceptors (Lipinski definition) is 12. The van der Waals surface area contributed by atoms with Crippen molar-refractivity contribution >= 4 is 33.5 Å². The molecular weight excluding hydrogens is 432 g/mol. The minimum absolute atomic E-state index is 0.0298. The van der Waals surface area contributed by atoms with E-state index in [1.807, 2.05) is 0 Å². The molecule has 30 heavy (non-hydrogen) atoms. The van der Waals surface area contributed by atoms with Crippen molar-refractivity contribution < 1.29 is 23.8 Å². The Bertz CT molecular complexity index is 511. The fourth-order valence-corrected chi connectivity index (χ4v) is 3.47. The van der Waals surface area contributed by atoms with Crippen molar-refractivity contribution in [3.63, 3.8) is 0 Å². The Kier molecular flexibility index (Phi) is 19.5. The first-order valence-corrected chi connectivity index (χ1v) is 11.8. The average Bonchev–Trinajstić information content (AvgIpc) is 2.72. The highest BCUT2D eigenvalue weighted by molar-refractivity contribution is 8.76. The molecule has 0 saturated carbocycles. The van der Waals surface area contributed by atoms with Gasteiger partial charge in [-0.1, -0.05) is 21.6 Å². The van der Waals surface area contributed by atoms with E-state index in [0.717, 1.165) is 18.1 Å². The van der Waals surface area contributed by atoms with Crippen LogP contribution in [0, 0.1) is 0 Å². The monoisotopic (exact) mass is 466 g/mol. The molecule has 0 heterocycles. The van der Waals surface area contributed by atoms with Gasteiger partial charge in [-0.25, -0.2) is 0 Å². The second-order valence-electron chi connectivity index (χ2n) is 5.65. The number of carbonyl (C=O) groups excluding carboxylic acids is 2. The highest BCUT2D eigenvalue weighted by atomic mass is 33.1. The minimum Gasteiger partial charge on any atom is -0.474 e. The van der Waals surface area contributed by atoms with Crippen molar-refractivity contribution in [3.8, 4) is 0 Å². The Morgan fingerprint density at radius 3 is 2.53 bits per heavy atom. The molecule has 1 unspecified atom stereocenters. The van der Waals surface area contributed by atoms with E-state index in [0.29, 0.717) is 26.0 Å². The molecule has 0 spiro atoms. The lowest BCUT2D eigenvalue weighted by Gasteiger charge is -2.12. The molecule has 0 aliphatic rings. The van der Waals surface area contributed by atoms with Gasteiger partial charge in [0.05, 0.1) is 19.9 Å². The number of ether oxygens (including phenoxy) is 3. The first kappa shape index (κ1) is 28.4. The lowest BCUT2D eigenvalue weighted by atomic mass is 10.3. The molecule has 0 bridgehead atoms. The Balaban J connectivity index is 3.51. The highest BCUT2D eigenvalue weighted by Crippen LogP contribution is 2.19. The van der Waals surface area contributed by atoms with Crippen LogP contribution in [0.1, 0.15) is 12.8 Å². The molecule has 0 aromatic carbocycles. The van der Waals surface area contributed by atoms with Crippen LogP contribution in [-0.2, 0) is 23.8 Å². The van der Waals surface area contributed by atoms with Crippen molar-refractivity contribution in [3.05, 3.63) is 24.7 Å². The summed E-state index contributed by atoms with van der Waals surface area (Å²) in [6.45, 7) is 1.73. The summed E-state index contributed by atoms with van der Waals surface area (Å²) in [5.41, 5.74) is 16.5. The summed E-state index contributed by atoms with van der Waals surface area (Å²) in [6, 6.07) is 0. The summed E-state index contributed by atoms with van der Waals surface area (Å²) in [4.78, 5) is 22.7. The van der Waals surface area contributed by atoms with Gasteiger partial charge in [0.1, 0.15) is 6.26 Å². The number of nitrogens with one attached hydrogen (secondary N) is 3. The zero-order valence-electron chi connectivity index (χ0n) is 17.2. The summed E-state index contributed by atoms with van der Waals surface area (Å²) in [6.07, 6.45) is 5.70. The van der Waals surface area contributed by atoms with Crippen LogP contribution in [-0.4, -0.2) is 69.3 Å². The van der Waals surface area contributed by atoms with Crippen molar-refractivity contribution in [2.45, 2.75) is 25.2 Å². The van der Waals surface area contributed by atoms with E-state index in [-0.39, 0.29) is 18.7 Å². The molecule has 9 N–H and O–H groups in total. The van der Waals surface area contributed by atoms with E-state index < -0.39 is 12.3 Å². The number of hydrogen-bond donors (Lipinski definition) is 6. The third-order valence-electron chi connectivity index (χ3n) is 3.11. The average molecular weight is 467 g/mol. The van der Waals surface area contributed by atoms with E-state index in [2.05, 4.69) is 20.7 Å². The van der Waals surface area contributed by atoms with Gasteiger partial charge in [-0.05, 0) is 18.7 Å². The van der Waals surface area contributed by atoms with Gasteiger partial charge < -0.3 is 47.4 Å². The largest absolute Gasteiger partial charge is 0.474 e. The number of amides is 1. The van der Waals surface area contributed by atoms with Crippen LogP contribution < -0.4 is 33.2 Å². The van der Waals surface area contributed by atoms with Gasteiger partial charge in [0, 0.05) is 37.2 Å². The van der Waals surface area contributed by atoms with Gasteiger partial charge >= 0.3 is 5.97 Å². The second kappa shape index (κ2) is 20.6. The summed E-state index contributed by atoms with van der Waals surface area (Å²) < 4.78 is 14.7. The van der Waals surface area contributed by atoms with E-state index >= 15 is 0 Å². The van der Waals surface area contributed by atoms with Crippen molar-refractivity contribution in [2.24, 2.45) is 17.2 Å². The van der Waals surface area contributed by atoms with Crippen LogP contribution in [0.3, 0.4) is 0 Å². The van der Waals surface area contributed by atoms with E-state index in [9.17, 15) is 9.59 Å². The molecule has 1 atom stereocenters. The maximum Gasteiger partial charge on any atom is 0.305 e. The Morgan fingerprint density at radius 1 is 1.10 bits per heavy atom. The number of rotatable bonds is 19. The summed E-state index contributed by atoms with van der Waals surface area (Å²) in [7, 11) is 4.70. The molecule has 0 fully saturated rings. The van der Waals surface area contributed by atoms with Crippen LogP contribution in [0.2, 0.25) is 0 Å². The van der Waals surface area contributed by atoms with Crippen molar-refractivity contribution in [1.82, 2.24) is 16.0 Å². The summed E-state index contributed by atoms with van der Waals surface area (Å²) >= 11 is 0. The van der Waals surface area contributed by atoms with Gasteiger partial charge in [0.25, 0.3) is 5.91 Å². The van der Waals surface area contributed by atoms with Gasteiger partial charge in [-0.15, -0.1) is 0 Å². The topological polar surface area (TPSA) is 176 Å². The van der Waals surface area contributed by atoms with Gasteiger partial charge in [-0.2, -0.15) is 0 Å². The molecule has 13 heteroatoms. The van der Waals surface area contributed by atoms with Crippen LogP contribution >= 0.6 is 21.6 Å². The number of nitrogens with two attached hydrogens (primary N) is 3. The van der Waals surface area contributed by atoms with Crippen LogP contribution in [0.25, 0.3) is 0 Å². The summed E-state index contributed by atoms with van der Waals surface area (Å²) in [5.74, 6) is 1.08. The Hall–Kier alpha value is -1.64. The smallest absolute Gasteiger partial charge is 0.305 e. The zero-order chi connectivity index (χ0) is 22.5. The van der Waals surface area contributed by atoms with Crippen LogP contribution in [0.4, 0.5) is 0 Å². The van der Waals surface area contributed by atoms with Gasteiger partial charge in [-0.3, -0.25) is 9.59 Å². The van der Waals surface area contributed by atoms with Crippen LogP contribution in [0.5, 0.6) is 0 Å². The highest BCUT2D eigenvalue weighted by Gasteiger charge is 2.09. The Labute approximate surface area is 185 Å². The normalized spacial score (nSPS) is 12.3. The third kappa shape index (κ3) is 19.7. The maximum atomic E-state index is 11.8. The van der Waals surface area contributed by atoms with Crippen molar-refractivity contribution in [2.75, 3.05) is 45.1 Å².